The Morgan fingerprint density at radius 2 is 1.73 bits per heavy atom. The summed E-state index contributed by atoms with van der Waals surface area (Å²) in [6.45, 7) is 6.68. The first-order valence-electron chi connectivity index (χ1n) is 7.29. The topological polar surface area (TPSA) is 21.6 Å². The maximum absolute atomic E-state index is 5.31. The Morgan fingerprint density at radius 3 is 2.36 bits per heavy atom. The third kappa shape index (κ3) is 4.91. The second kappa shape index (κ2) is 7.10. The standard InChI is InChI=1S/C19H21NOSi/c1-21-18-12-8-9-16(15-18)19(13-14-22(2,3)4)20-17-10-6-5-7-11-17/h5-12,15H,1-4H3. The summed E-state index contributed by atoms with van der Waals surface area (Å²) < 4.78 is 5.31. The van der Waals surface area contributed by atoms with Crippen molar-refractivity contribution in [3.05, 3.63) is 60.2 Å². The van der Waals surface area contributed by atoms with Crippen LogP contribution in [-0.4, -0.2) is 20.9 Å². The van der Waals surface area contributed by atoms with Gasteiger partial charge >= 0.3 is 0 Å². The molecule has 0 fully saturated rings. The fourth-order valence-corrected chi connectivity index (χ4v) is 2.31. The Labute approximate surface area is 133 Å². The Morgan fingerprint density at radius 1 is 1.00 bits per heavy atom. The zero-order chi connectivity index (χ0) is 16.0. The van der Waals surface area contributed by atoms with Crippen molar-refractivity contribution in [1.29, 1.82) is 0 Å². The quantitative estimate of drug-likeness (QED) is 0.458. The average molecular weight is 307 g/mol. The maximum Gasteiger partial charge on any atom is 0.129 e. The lowest BCUT2D eigenvalue weighted by Crippen LogP contribution is -2.17. The normalized spacial score (nSPS) is 11.5. The SMILES string of the molecule is COc1cccc(C(C#C[Si](C)(C)C)=Nc2ccccc2)c1. The molecule has 0 heterocycles. The molecular formula is C19H21NOSi. The molecule has 3 heteroatoms. The summed E-state index contributed by atoms with van der Waals surface area (Å²) in [5.41, 5.74) is 6.07. The van der Waals surface area contributed by atoms with Crippen LogP contribution >= 0.6 is 0 Å². The molecule has 0 aliphatic carbocycles. The highest BCUT2D eigenvalue weighted by Crippen LogP contribution is 2.17. The Bertz CT molecular complexity index is 718. The summed E-state index contributed by atoms with van der Waals surface area (Å²) in [7, 11) is 0.202. The van der Waals surface area contributed by atoms with Crippen LogP contribution in [0.2, 0.25) is 19.6 Å². The Kier molecular flexibility index (Phi) is 5.19. The zero-order valence-corrected chi connectivity index (χ0v) is 14.6. The molecule has 0 amide bonds. The summed E-state index contributed by atoms with van der Waals surface area (Å²) in [5, 5.41) is 0. The summed E-state index contributed by atoms with van der Waals surface area (Å²) in [6.07, 6.45) is 0. The minimum Gasteiger partial charge on any atom is -0.497 e. The molecule has 112 valence electrons. The van der Waals surface area contributed by atoms with Crippen molar-refractivity contribution >= 4 is 19.5 Å². The molecule has 2 aromatic carbocycles. The lowest BCUT2D eigenvalue weighted by atomic mass is 10.1. The molecule has 0 spiro atoms. The van der Waals surface area contributed by atoms with Crippen LogP contribution in [0, 0.1) is 11.5 Å². The van der Waals surface area contributed by atoms with Gasteiger partial charge in [0.2, 0.25) is 0 Å². The first-order valence-corrected chi connectivity index (χ1v) is 10.8. The van der Waals surface area contributed by atoms with Crippen LogP contribution in [0.15, 0.2) is 59.6 Å². The highest BCUT2D eigenvalue weighted by atomic mass is 28.3. The number of hydrogen-bond donors (Lipinski definition) is 0. The number of para-hydroxylation sites is 1. The molecule has 0 radical (unpaired) electrons. The smallest absolute Gasteiger partial charge is 0.129 e. The van der Waals surface area contributed by atoms with Crippen molar-refractivity contribution in [2.75, 3.05) is 7.11 Å². The predicted molar refractivity (Wildman–Crippen MR) is 96.8 cm³/mol. The van der Waals surface area contributed by atoms with E-state index in [2.05, 4.69) is 31.1 Å². The molecular weight excluding hydrogens is 286 g/mol. The molecule has 0 unspecified atom stereocenters. The summed E-state index contributed by atoms with van der Waals surface area (Å²) in [4.78, 5) is 4.72. The maximum atomic E-state index is 5.31. The van der Waals surface area contributed by atoms with Gasteiger partial charge in [-0.15, -0.1) is 5.54 Å². The van der Waals surface area contributed by atoms with E-state index in [0.717, 1.165) is 22.7 Å². The van der Waals surface area contributed by atoms with Crippen LogP contribution in [0.3, 0.4) is 0 Å². The van der Waals surface area contributed by atoms with Crippen LogP contribution in [0.5, 0.6) is 5.75 Å². The fraction of sp³-hybridized carbons (Fsp3) is 0.211. The second-order valence-corrected chi connectivity index (χ2v) is 10.8. The average Bonchev–Trinajstić information content (AvgIpc) is 2.51. The van der Waals surface area contributed by atoms with Gasteiger partial charge in [0.15, 0.2) is 0 Å². The molecule has 0 aliphatic heterocycles. The zero-order valence-electron chi connectivity index (χ0n) is 13.6. The molecule has 0 aromatic heterocycles. The van der Waals surface area contributed by atoms with E-state index in [4.69, 9.17) is 9.73 Å². The highest BCUT2D eigenvalue weighted by Gasteiger charge is 2.09. The molecule has 0 bridgehead atoms. The van der Waals surface area contributed by atoms with E-state index in [1.807, 2.05) is 54.6 Å². The molecule has 0 atom stereocenters. The molecule has 0 aliphatic rings. The number of aliphatic imine (C=N–C) groups is 1. The van der Waals surface area contributed by atoms with Gasteiger partial charge in [0, 0.05) is 5.56 Å². The third-order valence-electron chi connectivity index (χ3n) is 2.90. The minimum atomic E-state index is -1.47. The van der Waals surface area contributed by atoms with Gasteiger partial charge < -0.3 is 4.74 Å². The lowest BCUT2D eigenvalue weighted by molar-refractivity contribution is 0.414. The largest absolute Gasteiger partial charge is 0.497 e. The molecule has 0 saturated heterocycles. The molecule has 2 nitrogen and oxygen atoms in total. The van der Waals surface area contributed by atoms with Gasteiger partial charge in [-0.25, -0.2) is 4.99 Å². The van der Waals surface area contributed by atoms with Crippen LogP contribution in [0.25, 0.3) is 0 Å². The number of methoxy groups -OCH3 is 1. The van der Waals surface area contributed by atoms with Gasteiger partial charge in [0.05, 0.1) is 12.8 Å². The molecule has 0 saturated carbocycles. The van der Waals surface area contributed by atoms with E-state index in [9.17, 15) is 0 Å². The van der Waals surface area contributed by atoms with Crippen LogP contribution in [0.1, 0.15) is 5.56 Å². The van der Waals surface area contributed by atoms with Crippen molar-refractivity contribution in [3.63, 3.8) is 0 Å². The molecule has 22 heavy (non-hydrogen) atoms. The van der Waals surface area contributed by atoms with Gasteiger partial charge in [0.25, 0.3) is 0 Å². The van der Waals surface area contributed by atoms with Gasteiger partial charge in [-0.05, 0) is 24.3 Å². The van der Waals surface area contributed by atoms with E-state index < -0.39 is 8.07 Å². The lowest BCUT2D eigenvalue weighted by Gasteiger charge is -2.06. The highest BCUT2D eigenvalue weighted by molar-refractivity contribution is 6.84. The van der Waals surface area contributed by atoms with Crippen LogP contribution < -0.4 is 4.74 Å². The van der Waals surface area contributed by atoms with E-state index in [-0.39, 0.29) is 0 Å². The van der Waals surface area contributed by atoms with Crippen molar-refractivity contribution in [2.24, 2.45) is 4.99 Å². The van der Waals surface area contributed by atoms with Crippen LogP contribution in [-0.2, 0) is 0 Å². The molecule has 2 aromatic rings. The predicted octanol–water partition coefficient (Wildman–Crippen LogP) is 4.70. The van der Waals surface area contributed by atoms with Gasteiger partial charge in [-0.3, -0.25) is 0 Å². The van der Waals surface area contributed by atoms with Crippen molar-refractivity contribution < 1.29 is 4.74 Å². The number of benzene rings is 2. The summed E-state index contributed by atoms with van der Waals surface area (Å²) in [5.74, 6) is 4.09. The van der Waals surface area contributed by atoms with Gasteiger partial charge in [-0.2, -0.15) is 0 Å². The number of rotatable bonds is 3. The fourth-order valence-electron chi connectivity index (χ4n) is 1.81. The van der Waals surface area contributed by atoms with E-state index in [0.29, 0.717) is 0 Å². The van der Waals surface area contributed by atoms with Gasteiger partial charge in [-0.1, -0.05) is 55.9 Å². The molecule has 0 N–H and O–H groups in total. The van der Waals surface area contributed by atoms with Crippen molar-refractivity contribution in [1.82, 2.24) is 0 Å². The number of nitrogens with zero attached hydrogens (tertiary/aromatic N) is 1. The Hall–Kier alpha value is -2.31. The molecule has 2 rings (SSSR count). The van der Waals surface area contributed by atoms with Crippen molar-refractivity contribution in [2.45, 2.75) is 19.6 Å². The number of ether oxygens (including phenoxy) is 1. The van der Waals surface area contributed by atoms with E-state index >= 15 is 0 Å². The van der Waals surface area contributed by atoms with E-state index in [1.54, 1.807) is 7.11 Å². The minimum absolute atomic E-state index is 0.785. The van der Waals surface area contributed by atoms with Gasteiger partial charge in [0.1, 0.15) is 19.5 Å². The summed E-state index contributed by atoms with van der Waals surface area (Å²) in [6, 6.07) is 17.8. The third-order valence-corrected chi connectivity index (χ3v) is 3.77. The van der Waals surface area contributed by atoms with Crippen molar-refractivity contribution in [3.8, 4) is 17.2 Å². The van der Waals surface area contributed by atoms with E-state index in [1.165, 1.54) is 0 Å². The first kappa shape index (κ1) is 16.1. The summed E-state index contributed by atoms with van der Waals surface area (Å²) >= 11 is 0. The monoisotopic (exact) mass is 307 g/mol. The number of hydrogen-bond acceptors (Lipinski definition) is 2. The van der Waals surface area contributed by atoms with Crippen LogP contribution in [0.4, 0.5) is 5.69 Å². The second-order valence-electron chi connectivity index (χ2n) is 6.03. The Balaban J connectivity index is 2.49. The first-order chi connectivity index (χ1) is 10.5.